The molecule has 2 rings (SSSR count). The van der Waals surface area contributed by atoms with Gasteiger partial charge in [0, 0.05) is 30.9 Å². The number of rotatable bonds is 7. The minimum atomic E-state index is -0.360. The number of aliphatic hydroxyl groups is 1. The van der Waals surface area contributed by atoms with Gasteiger partial charge >= 0.3 is 0 Å². The molecule has 0 aliphatic carbocycles. The Morgan fingerprint density at radius 1 is 1.38 bits per heavy atom. The van der Waals surface area contributed by atoms with Gasteiger partial charge in [-0.1, -0.05) is 12.1 Å². The molecule has 0 unspecified atom stereocenters. The highest BCUT2D eigenvalue weighted by atomic mass is 19.1. The van der Waals surface area contributed by atoms with Crippen molar-refractivity contribution in [1.29, 1.82) is 0 Å². The Morgan fingerprint density at radius 2 is 2.19 bits per heavy atom. The standard InChI is InChI=1S/C15H20FN3O2/c1-11-13(18-10-17-11)9-19(6-7-20)8-12-4-3-5-14(21-2)15(12)16/h3-5,10,20H,6-9H2,1-2H3,(H,17,18). The third-order valence-electron chi connectivity index (χ3n) is 3.38. The second kappa shape index (κ2) is 7.19. The van der Waals surface area contributed by atoms with E-state index in [-0.39, 0.29) is 18.2 Å². The number of benzene rings is 1. The van der Waals surface area contributed by atoms with E-state index in [1.54, 1.807) is 24.5 Å². The quantitative estimate of drug-likeness (QED) is 0.818. The minimum absolute atomic E-state index is 0.00899. The highest BCUT2D eigenvalue weighted by molar-refractivity contribution is 5.31. The summed E-state index contributed by atoms with van der Waals surface area (Å²) in [5.74, 6) is -0.130. The number of imidazole rings is 1. The van der Waals surface area contributed by atoms with E-state index in [1.807, 2.05) is 11.8 Å². The van der Waals surface area contributed by atoms with Crippen LogP contribution in [0.3, 0.4) is 0 Å². The van der Waals surface area contributed by atoms with Crippen molar-refractivity contribution in [2.45, 2.75) is 20.0 Å². The number of H-pyrrole nitrogens is 1. The monoisotopic (exact) mass is 293 g/mol. The zero-order valence-corrected chi connectivity index (χ0v) is 12.3. The number of nitrogens with one attached hydrogen (secondary N) is 1. The fourth-order valence-electron chi connectivity index (χ4n) is 2.19. The topological polar surface area (TPSA) is 61.4 Å². The molecule has 1 aromatic carbocycles. The molecule has 0 aliphatic rings. The van der Waals surface area contributed by atoms with Crippen LogP contribution in [0.2, 0.25) is 0 Å². The van der Waals surface area contributed by atoms with E-state index in [1.165, 1.54) is 7.11 Å². The molecule has 0 radical (unpaired) electrons. The first-order chi connectivity index (χ1) is 10.2. The summed E-state index contributed by atoms with van der Waals surface area (Å²) in [6.07, 6.45) is 1.63. The van der Waals surface area contributed by atoms with E-state index in [9.17, 15) is 9.50 Å². The summed E-state index contributed by atoms with van der Waals surface area (Å²) in [5.41, 5.74) is 2.41. The largest absolute Gasteiger partial charge is 0.494 e. The number of hydrogen-bond acceptors (Lipinski definition) is 4. The van der Waals surface area contributed by atoms with Crippen molar-refractivity contribution in [3.63, 3.8) is 0 Å². The molecule has 6 heteroatoms. The van der Waals surface area contributed by atoms with Crippen molar-refractivity contribution >= 4 is 0 Å². The van der Waals surface area contributed by atoms with Gasteiger partial charge in [0.05, 0.1) is 25.7 Å². The van der Waals surface area contributed by atoms with Crippen molar-refractivity contribution in [2.24, 2.45) is 0 Å². The second-order valence-corrected chi connectivity index (χ2v) is 4.84. The average molecular weight is 293 g/mol. The van der Waals surface area contributed by atoms with Crippen molar-refractivity contribution in [3.05, 3.63) is 47.3 Å². The summed E-state index contributed by atoms with van der Waals surface area (Å²) in [5, 5.41) is 9.19. The van der Waals surface area contributed by atoms with E-state index >= 15 is 0 Å². The molecule has 2 aromatic rings. The Labute approximate surface area is 123 Å². The summed E-state index contributed by atoms with van der Waals surface area (Å²) in [7, 11) is 1.45. The zero-order chi connectivity index (χ0) is 15.2. The molecule has 114 valence electrons. The van der Waals surface area contributed by atoms with Gasteiger partial charge in [-0.2, -0.15) is 0 Å². The zero-order valence-electron chi connectivity index (χ0n) is 12.3. The molecule has 5 nitrogen and oxygen atoms in total. The van der Waals surface area contributed by atoms with E-state index in [2.05, 4.69) is 9.97 Å². The Kier molecular flexibility index (Phi) is 5.30. The van der Waals surface area contributed by atoms with Crippen LogP contribution in [-0.2, 0) is 13.1 Å². The lowest BCUT2D eigenvalue weighted by Gasteiger charge is -2.21. The first kappa shape index (κ1) is 15.5. The van der Waals surface area contributed by atoms with Crippen LogP contribution in [-0.4, -0.2) is 40.2 Å². The van der Waals surface area contributed by atoms with Gasteiger partial charge < -0.3 is 14.8 Å². The predicted octanol–water partition coefficient (Wildman–Crippen LogP) is 1.86. The highest BCUT2D eigenvalue weighted by Gasteiger charge is 2.14. The molecule has 1 aromatic heterocycles. The fraction of sp³-hybridized carbons (Fsp3) is 0.400. The van der Waals surface area contributed by atoms with Crippen LogP contribution in [0.15, 0.2) is 24.5 Å². The molecule has 0 amide bonds. The van der Waals surface area contributed by atoms with Gasteiger partial charge in [-0.25, -0.2) is 9.37 Å². The molecule has 0 saturated heterocycles. The molecular weight excluding hydrogens is 273 g/mol. The normalized spacial score (nSPS) is 11.1. The molecule has 1 heterocycles. The number of aliphatic hydroxyl groups excluding tert-OH is 1. The van der Waals surface area contributed by atoms with Gasteiger partial charge in [0.1, 0.15) is 0 Å². The van der Waals surface area contributed by atoms with E-state index in [0.29, 0.717) is 25.2 Å². The average Bonchev–Trinajstić information content (AvgIpc) is 2.87. The van der Waals surface area contributed by atoms with Crippen molar-refractivity contribution < 1.29 is 14.2 Å². The molecule has 0 spiro atoms. The van der Waals surface area contributed by atoms with Gasteiger partial charge in [-0.3, -0.25) is 4.90 Å². The number of nitrogens with zero attached hydrogens (tertiary/aromatic N) is 2. The van der Waals surface area contributed by atoms with E-state index < -0.39 is 0 Å². The van der Waals surface area contributed by atoms with Crippen molar-refractivity contribution in [1.82, 2.24) is 14.9 Å². The number of aromatic nitrogens is 2. The molecule has 21 heavy (non-hydrogen) atoms. The van der Waals surface area contributed by atoms with Gasteiger partial charge in [0.25, 0.3) is 0 Å². The third kappa shape index (κ3) is 3.80. The smallest absolute Gasteiger partial charge is 0.169 e. The Bertz CT molecular complexity index is 586. The lowest BCUT2D eigenvalue weighted by atomic mass is 10.1. The van der Waals surface area contributed by atoms with E-state index in [0.717, 1.165) is 11.4 Å². The number of halogens is 1. The molecule has 0 saturated carbocycles. The number of hydrogen-bond donors (Lipinski definition) is 2. The Balaban J connectivity index is 2.14. The number of aryl methyl sites for hydroxylation is 1. The summed E-state index contributed by atoms with van der Waals surface area (Å²) in [4.78, 5) is 9.20. The minimum Gasteiger partial charge on any atom is -0.494 e. The van der Waals surface area contributed by atoms with Crippen molar-refractivity contribution in [2.75, 3.05) is 20.3 Å². The summed E-state index contributed by atoms with van der Waals surface area (Å²) >= 11 is 0. The van der Waals surface area contributed by atoms with Gasteiger partial charge in [0.2, 0.25) is 0 Å². The van der Waals surface area contributed by atoms with Crippen LogP contribution in [0.4, 0.5) is 4.39 Å². The van der Waals surface area contributed by atoms with Gasteiger partial charge in [-0.15, -0.1) is 0 Å². The van der Waals surface area contributed by atoms with Crippen LogP contribution in [0.1, 0.15) is 17.0 Å². The maximum absolute atomic E-state index is 14.2. The van der Waals surface area contributed by atoms with Gasteiger partial charge in [0.15, 0.2) is 11.6 Å². The first-order valence-electron chi connectivity index (χ1n) is 6.79. The molecular formula is C15H20FN3O2. The van der Waals surface area contributed by atoms with Crippen LogP contribution < -0.4 is 4.74 Å². The van der Waals surface area contributed by atoms with Crippen molar-refractivity contribution in [3.8, 4) is 5.75 Å². The number of ether oxygens (including phenoxy) is 1. The summed E-state index contributed by atoms with van der Waals surface area (Å²) < 4.78 is 19.2. The van der Waals surface area contributed by atoms with Crippen LogP contribution >= 0.6 is 0 Å². The second-order valence-electron chi connectivity index (χ2n) is 4.84. The van der Waals surface area contributed by atoms with Crippen LogP contribution in [0, 0.1) is 12.7 Å². The summed E-state index contributed by atoms with van der Waals surface area (Å²) in [6, 6.07) is 5.07. The predicted molar refractivity (Wildman–Crippen MR) is 77.5 cm³/mol. The van der Waals surface area contributed by atoms with Gasteiger partial charge in [-0.05, 0) is 13.0 Å². The lowest BCUT2D eigenvalue weighted by Crippen LogP contribution is -2.27. The van der Waals surface area contributed by atoms with Crippen LogP contribution in [0.5, 0.6) is 5.75 Å². The van der Waals surface area contributed by atoms with E-state index in [4.69, 9.17) is 4.74 Å². The molecule has 0 atom stereocenters. The molecule has 0 fully saturated rings. The maximum atomic E-state index is 14.2. The highest BCUT2D eigenvalue weighted by Crippen LogP contribution is 2.21. The maximum Gasteiger partial charge on any atom is 0.169 e. The number of methoxy groups -OCH3 is 1. The molecule has 0 bridgehead atoms. The lowest BCUT2D eigenvalue weighted by molar-refractivity contribution is 0.181. The Hall–Kier alpha value is -1.92. The number of aromatic amines is 1. The molecule has 0 aliphatic heterocycles. The SMILES string of the molecule is COc1cccc(CN(CCO)Cc2nc[nH]c2C)c1F. The fourth-order valence-corrected chi connectivity index (χ4v) is 2.19. The third-order valence-corrected chi connectivity index (χ3v) is 3.38. The summed E-state index contributed by atoms with van der Waals surface area (Å²) in [6.45, 7) is 3.33. The van der Waals surface area contributed by atoms with Crippen LogP contribution in [0.25, 0.3) is 0 Å². The Morgan fingerprint density at radius 3 is 2.81 bits per heavy atom. The first-order valence-corrected chi connectivity index (χ1v) is 6.79. The molecule has 2 N–H and O–H groups in total.